The highest BCUT2D eigenvalue weighted by Crippen LogP contribution is 1.94. The van der Waals surface area contributed by atoms with E-state index < -0.39 is 5.91 Å². The molecule has 2 amide bonds. The molecule has 0 spiro atoms. The normalized spacial score (nSPS) is 8.67. The molecule has 0 bridgehead atoms. The van der Waals surface area contributed by atoms with Gasteiger partial charge in [-0.2, -0.15) is 0 Å². The number of hydrogen-bond donors (Lipinski definition) is 2. The number of primary amides is 1. The van der Waals surface area contributed by atoms with Crippen LogP contribution in [0.15, 0.2) is 24.8 Å². The molecular weight excluding hydrogens is 156 g/mol. The highest BCUT2D eigenvalue weighted by Gasteiger charge is 2.06. The number of rotatable bonds is 5. The van der Waals surface area contributed by atoms with Crippen molar-refractivity contribution in [2.75, 3.05) is 6.54 Å². The summed E-state index contributed by atoms with van der Waals surface area (Å²) in [4.78, 5) is 21.3. The minimum absolute atomic E-state index is 0.0524. The third kappa shape index (κ3) is 4.27. The molecule has 4 nitrogen and oxygen atoms in total. The molecule has 0 rings (SSSR count). The second-order valence-electron chi connectivity index (χ2n) is 2.24. The zero-order valence-corrected chi connectivity index (χ0v) is 6.80. The van der Waals surface area contributed by atoms with Crippen LogP contribution < -0.4 is 11.1 Å². The van der Waals surface area contributed by atoms with E-state index in [0.29, 0.717) is 6.54 Å². The molecule has 0 saturated heterocycles. The van der Waals surface area contributed by atoms with Crippen LogP contribution in [0.2, 0.25) is 0 Å². The first-order valence-electron chi connectivity index (χ1n) is 3.43. The minimum atomic E-state index is -0.649. The monoisotopic (exact) mass is 168 g/mol. The van der Waals surface area contributed by atoms with Crippen LogP contribution in [0.4, 0.5) is 0 Å². The second-order valence-corrected chi connectivity index (χ2v) is 2.24. The van der Waals surface area contributed by atoms with E-state index in [-0.39, 0.29) is 17.9 Å². The SMILES string of the molecule is C=CCNC(=O)CC(=C)C(N)=O. The van der Waals surface area contributed by atoms with Gasteiger partial charge < -0.3 is 11.1 Å². The summed E-state index contributed by atoms with van der Waals surface area (Å²) < 4.78 is 0. The van der Waals surface area contributed by atoms with Crippen LogP contribution in [0.3, 0.4) is 0 Å². The fourth-order valence-electron chi connectivity index (χ4n) is 0.529. The summed E-state index contributed by atoms with van der Waals surface area (Å²) in [5, 5.41) is 2.49. The molecule has 0 fully saturated rings. The average molecular weight is 168 g/mol. The third-order valence-corrected chi connectivity index (χ3v) is 1.17. The summed E-state index contributed by atoms with van der Waals surface area (Å²) in [7, 11) is 0. The van der Waals surface area contributed by atoms with Crippen LogP contribution in [0.25, 0.3) is 0 Å². The fraction of sp³-hybridized carbons (Fsp3) is 0.250. The number of nitrogens with one attached hydrogen (secondary N) is 1. The van der Waals surface area contributed by atoms with Crippen molar-refractivity contribution in [3.05, 3.63) is 24.8 Å². The van der Waals surface area contributed by atoms with Crippen LogP contribution in [0.5, 0.6) is 0 Å². The first-order valence-corrected chi connectivity index (χ1v) is 3.43. The maximum atomic E-state index is 10.9. The molecule has 0 aliphatic heterocycles. The van der Waals surface area contributed by atoms with Crippen molar-refractivity contribution in [2.45, 2.75) is 6.42 Å². The molecule has 0 aromatic rings. The predicted molar refractivity (Wildman–Crippen MR) is 46.2 cm³/mol. The van der Waals surface area contributed by atoms with E-state index in [0.717, 1.165) is 0 Å². The minimum Gasteiger partial charge on any atom is -0.366 e. The Hall–Kier alpha value is -1.58. The summed E-state index contributed by atoms with van der Waals surface area (Å²) in [6, 6.07) is 0. The molecule has 0 atom stereocenters. The van der Waals surface area contributed by atoms with Gasteiger partial charge in [-0.3, -0.25) is 9.59 Å². The molecular formula is C8H12N2O2. The molecule has 0 aliphatic rings. The molecule has 66 valence electrons. The van der Waals surface area contributed by atoms with Gasteiger partial charge in [0.2, 0.25) is 11.8 Å². The number of hydrogen-bond acceptors (Lipinski definition) is 2. The van der Waals surface area contributed by atoms with Gasteiger partial charge in [0, 0.05) is 12.1 Å². The van der Waals surface area contributed by atoms with Crippen LogP contribution >= 0.6 is 0 Å². The zero-order chi connectivity index (χ0) is 9.56. The van der Waals surface area contributed by atoms with Crippen molar-refractivity contribution in [1.29, 1.82) is 0 Å². The van der Waals surface area contributed by atoms with E-state index >= 15 is 0 Å². The van der Waals surface area contributed by atoms with Gasteiger partial charge in [-0.1, -0.05) is 12.7 Å². The highest BCUT2D eigenvalue weighted by atomic mass is 16.2. The van der Waals surface area contributed by atoms with Crippen molar-refractivity contribution in [3.63, 3.8) is 0 Å². The quantitative estimate of drug-likeness (QED) is 0.437. The molecule has 0 aliphatic carbocycles. The second kappa shape index (κ2) is 5.12. The maximum absolute atomic E-state index is 10.9. The first-order chi connectivity index (χ1) is 5.57. The number of amides is 2. The number of carbonyl (C=O) groups is 2. The fourth-order valence-corrected chi connectivity index (χ4v) is 0.529. The lowest BCUT2D eigenvalue weighted by Crippen LogP contribution is -2.26. The van der Waals surface area contributed by atoms with Crippen LogP contribution in [0, 0.1) is 0 Å². The van der Waals surface area contributed by atoms with E-state index in [4.69, 9.17) is 5.73 Å². The maximum Gasteiger partial charge on any atom is 0.244 e. The largest absolute Gasteiger partial charge is 0.366 e. The van der Waals surface area contributed by atoms with Gasteiger partial charge in [-0.05, 0) is 0 Å². The molecule has 0 radical (unpaired) electrons. The lowest BCUT2D eigenvalue weighted by atomic mass is 10.2. The lowest BCUT2D eigenvalue weighted by Gasteiger charge is -2.01. The Bertz CT molecular complexity index is 221. The third-order valence-electron chi connectivity index (χ3n) is 1.17. The van der Waals surface area contributed by atoms with E-state index in [2.05, 4.69) is 18.5 Å². The standard InChI is InChI=1S/C8H12N2O2/c1-3-4-10-7(11)5-6(2)8(9)12/h3H,1-2,4-5H2,(H2,9,12)(H,10,11). The Morgan fingerprint density at radius 1 is 1.50 bits per heavy atom. The Kier molecular flexibility index (Phi) is 4.45. The molecule has 0 unspecified atom stereocenters. The first kappa shape index (κ1) is 10.4. The van der Waals surface area contributed by atoms with Gasteiger partial charge >= 0.3 is 0 Å². The molecule has 4 heteroatoms. The molecule has 3 N–H and O–H groups in total. The topological polar surface area (TPSA) is 72.2 Å². The molecule has 12 heavy (non-hydrogen) atoms. The number of nitrogens with two attached hydrogens (primary N) is 1. The van der Waals surface area contributed by atoms with E-state index in [1.54, 1.807) is 6.08 Å². The Morgan fingerprint density at radius 3 is 2.50 bits per heavy atom. The van der Waals surface area contributed by atoms with Crippen molar-refractivity contribution in [1.82, 2.24) is 5.32 Å². The van der Waals surface area contributed by atoms with Crippen molar-refractivity contribution >= 4 is 11.8 Å². The van der Waals surface area contributed by atoms with E-state index in [1.807, 2.05) is 0 Å². The van der Waals surface area contributed by atoms with E-state index in [9.17, 15) is 9.59 Å². The Labute approximate surface area is 71.1 Å². The Balaban J connectivity index is 3.76. The van der Waals surface area contributed by atoms with Gasteiger partial charge in [-0.25, -0.2) is 0 Å². The summed E-state index contributed by atoms with van der Waals surface area (Å²) in [6.45, 7) is 7.14. The molecule has 0 heterocycles. The van der Waals surface area contributed by atoms with Crippen molar-refractivity contribution in [2.24, 2.45) is 5.73 Å². The van der Waals surface area contributed by atoms with Gasteiger partial charge in [0.05, 0.1) is 6.42 Å². The molecule has 0 aromatic heterocycles. The van der Waals surface area contributed by atoms with Gasteiger partial charge in [-0.15, -0.1) is 6.58 Å². The summed E-state index contributed by atoms with van der Waals surface area (Å²) in [6.07, 6.45) is 1.49. The van der Waals surface area contributed by atoms with Gasteiger partial charge in [0.25, 0.3) is 0 Å². The van der Waals surface area contributed by atoms with Gasteiger partial charge in [0.1, 0.15) is 0 Å². The van der Waals surface area contributed by atoms with Crippen molar-refractivity contribution in [3.8, 4) is 0 Å². The van der Waals surface area contributed by atoms with Crippen LogP contribution in [0.1, 0.15) is 6.42 Å². The smallest absolute Gasteiger partial charge is 0.244 e. The van der Waals surface area contributed by atoms with Gasteiger partial charge in [0.15, 0.2) is 0 Å². The highest BCUT2D eigenvalue weighted by molar-refractivity contribution is 5.96. The Morgan fingerprint density at radius 2 is 2.08 bits per heavy atom. The van der Waals surface area contributed by atoms with Crippen LogP contribution in [-0.4, -0.2) is 18.4 Å². The summed E-state index contributed by atoms with van der Waals surface area (Å²) in [5.74, 6) is -0.928. The average Bonchev–Trinajstić information content (AvgIpc) is 2.00. The predicted octanol–water partition coefficient (Wildman–Crippen LogP) is -0.280. The zero-order valence-electron chi connectivity index (χ0n) is 6.80. The van der Waals surface area contributed by atoms with Crippen LogP contribution in [-0.2, 0) is 9.59 Å². The lowest BCUT2D eigenvalue weighted by molar-refractivity contribution is -0.122. The van der Waals surface area contributed by atoms with Crippen molar-refractivity contribution < 1.29 is 9.59 Å². The molecule has 0 aromatic carbocycles. The van der Waals surface area contributed by atoms with E-state index in [1.165, 1.54) is 0 Å². The summed E-state index contributed by atoms with van der Waals surface area (Å²) >= 11 is 0. The molecule has 0 saturated carbocycles. The summed E-state index contributed by atoms with van der Waals surface area (Å²) in [5.41, 5.74) is 4.98. The number of carbonyl (C=O) groups excluding carboxylic acids is 2.